The molecule has 0 aliphatic rings. The summed E-state index contributed by atoms with van der Waals surface area (Å²) in [5.74, 6) is -1.81. The highest BCUT2D eigenvalue weighted by atomic mass is 16.3. The van der Waals surface area contributed by atoms with E-state index in [1.165, 1.54) is 0 Å². The van der Waals surface area contributed by atoms with Crippen molar-refractivity contribution in [1.82, 2.24) is 5.32 Å². The highest BCUT2D eigenvalue weighted by Gasteiger charge is 2.38. The van der Waals surface area contributed by atoms with Crippen LogP contribution in [0.2, 0.25) is 0 Å². The van der Waals surface area contributed by atoms with Crippen molar-refractivity contribution in [3.63, 3.8) is 0 Å². The van der Waals surface area contributed by atoms with Gasteiger partial charge < -0.3 is 16.2 Å². The molecule has 0 saturated heterocycles. The first-order chi connectivity index (χ1) is 5.84. The van der Waals surface area contributed by atoms with Crippen LogP contribution in [0.1, 0.15) is 27.2 Å². The topological polar surface area (TPSA) is 92.4 Å². The maximum Gasteiger partial charge on any atom is 0.270 e. The first-order valence-electron chi connectivity index (χ1n) is 4.17. The van der Waals surface area contributed by atoms with Gasteiger partial charge in [-0.25, -0.2) is 0 Å². The lowest BCUT2D eigenvalue weighted by Crippen LogP contribution is -2.60. The molecule has 0 saturated carbocycles. The van der Waals surface area contributed by atoms with Crippen molar-refractivity contribution < 1.29 is 14.7 Å². The molecule has 4 N–H and O–H groups in total. The molecule has 5 nitrogen and oxygen atoms in total. The summed E-state index contributed by atoms with van der Waals surface area (Å²) in [5, 5.41) is 11.8. The van der Waals surface area contributed by atoms with Crippen LogP contribution in [0.15, 0.2) is 0 Å². The predicted molar refractivity (Wildman–Crippen MR) is 47.4 cm³/mol. The molecule has 0 aromatic carbocycles. The zero-order chi connectivity index (χ0) is 10.6. The largest absolute Gasteiger partial charge is 0.365 e. The summed E-state index contributed by atoms with van der Waals surface area (Å²) in [6, 6.07) is 0. The van der Waals surface area contributed by atoms with E-state index in [2.05, 4.69) is 5.32 Å². The molecule has 0 aromatic heterocycles. The molecule has 0 radical (unpaired) electrons. The van der Waals surface area contributed by atoms with Gasteiger partial charge in [-0.2, -0.15) is 0 Å². The smallest absolute Gasteiger partial charge is 0.270 e. The zero-order valence-electron chi connectivity index (χ0n) is 8.13. The van der Waals surface area contributed by atoms with Crippen LogP contribution in [0, 0.1) is 5.92 Å². The Bertz CT molecular complexity index is 215. The number of nitrogens with one attached hydrogen (secondary N) is 1. The van der Waals surface area contributed by atoms with Crippen molar-refractivity contribution in [1.29, 1.82) is 0 Å². The highest BCUT2D eigenvalue weighted by Crippen LogP contribution is 2.12. The van der Waals surface area contributed by atoms with Gasteiger partial charge >= 0.3 is 0 Å². The highest BCUT2D eigenvalue weighted by molar-refractivity contribution is 5.88. The Hall–Kier alpha value is -1.10. The maximum atomic E-state index is 11.0. The standard InChI is InChI=1S/C8H16N2O3/c1-4-6(11)10-8(13,5(2)3)7(9)12/h5,13H,4H2,1-3H3,(H2,9,12)(H,10,11). The van der Waals surface area contributed by atoms with Crippen LogP contribution in [0.25, 0.3) is 0 Å². The van der Waals surface area contributed by atoms with Gasteiger partial charge in [0.1, 0.15) is 0 Å². The van der Waals surface area contributed by atoms with Crippen LogP contribution < -0.4 is 11.1 Å². The van der Waals surface area contributed by atoms with Gasteiger partial charge in [0, 0.05) is 12.3 Å². The van der Waals surface area contributed by atoms with Gasteiger partial charge in [-0.3, -0.25) is 9.59 Å². The molecule has 1 unspecified atom stereocenters. The van der Waals surface area contributed by atoms with Crippen molar-refractivity contribution in [3.8, 4) is 0 Å². The second-order valence-corrected chi connectivity index (χ2v) is 3.19. The molecule has 13 heavy (non-hydrogen) atoms. The average molecular weight is 188 g/mol. The van der Waals surface area contributed by atoms with Gasteiger partial charge in [0.15, 0.2) is 0 Å². The van der Waals surface area contributed by atoms with E-state index in [1.807, 2.05) is 0 Å². The van der Waals surface area contributed by atoms with E-state index in [4.69, 9.17) is 5.73 Å². The van der Waals surface area contributed by atoms with Crippen LogP contribution in [-0.2, 0) is 9.59 Å². The predicted octanol–water partition coefficient (Wildman–Crippen LogP) is -0.658. The summed E-state index contributed by atoms with van der Waals surface area (Å²) in [5.41, 5.74) is 3.03. The number of rotatable bonds is 4. The molecule has 0 spiro atoms. The number of hydrogen-bond donors (Lipinski definition) is 3. The summed E-state index contributed by atoms with van der Waals surface area (Å²) < 4.78 is 0. The fourth-order valence-corrected chi connectivity index (χ4v) is 0.791. The van der Waals surface area contributed by atoms with Crippen molar-refractivity contribution in [2.75, 3.05) is 0 Å². The minimum atomic E-state index is -1.94. The molecule has 0 bridgehead atoms. The molecule has 0 aliphatic carbocycles. The molecule has 0 fully saturated rings. The number of primary amides is 1. The van der Waals surface area contributed by atoms with Crippen LogP contribution in [0.3, 0.4) is 0 Å². The lowest BCUT2D eigenvalue weighted by molar-refractivity contribution is -0.152. The summed E-state index contributed by atoms with van der Waals surface area (Å²) in [7, 11) is 0. The molecular formula is C8H16N2O3. The third kappa shape index (κ3) is 2.69. The van der Waals surface area contributed by atoms with E-state index in [0.29, 0.717) is 0 Å². The van der Waals surface area contributed by atoms with E-state index in [1.54, 1.807) is 20.8 Å². The third-order valence-electron chi connectivity index (χ3n) is 1.86. The Balaban J connectivity index is 4.61. The van der Waals surface area contributed by atoms with Crippen molar-refractivity contribution in [2.24, 2.45) is 11.7 Å². The number of nitrogens with two attached hydrogens (primary N) is 1. The van der Waals surface area contributed by atoms with Crippen LogP contribution in [-0.4, -0.2) is 22.6 Å². The second-order valence-electron chi connectivity index (χ2n) is 3.19. The summed E-state index contributed by atoms with van der Waals surface area (Å²) in [6.45, 7) is 4.82. The van der Waals surface area contributed by atoms with E-state index < -0.39 is 23.5 Å². The van der Waals surface area contributed by atoms with E-state index >= 15 is 0 Å². The molecular weight excluding hydrogens is 172 g/mol. The van der Waals surface area contributed by atoms with Crippen LogP contribution in [0.5, 0.6) is 0 Å². The molecule has 2 amide bonds. The summed E-state index contributed by atoms with van der Waals surface area (Å²) in [6.07, 6.45) is 0.197. The molecule has 0 aliphatic heterocycles. The Morgan fingerprint density at radius 3 is 2.23 bits per heavy atom. The monoisotopic (exact) mass is 188 g/mol. The van der Waals surface area contributed by atoms with Crippen LogP contribution >= 0.6 is 0 Å². The lowest BCUT2D eigenvalue weighted by Gasteiger charge is -2.29. The summed E-state index contributed by atoms with van der Waals surface area (Å²) >= 11 is 0. The van der Waals surface area contributed by atoms with Gasteiger partial charge in [0.2, 0.25) is 11.6 Å². The van der Waals surface area contributed by atoms with Crippen molar-refractivity contribution in [2.45, 2.75) is 32.9 Å². The van der Waals surface area contributed by atoms with Crippen LogP contribution in [0.4, 0.5) is 0 Å². The van der Waals surface area contributed by atoms with Crippen molar-refractivity contribution in [3.05, 3.63) is 0 Å². The Labute approximate surface area is 77.3 Å². The van der Waals surface area contributed by atoms with E-state index in [0.717, 1.165) is 0 Å². The Morgan fingerprint density at radius 2 is 2.00 bits per heavy atom. The molecule has 0 aromatic rings. The fourth-order valence-electron chi connectivity index (χ4n) is 0.791. The van der Waals surface area contributed by atoms with Crippen molar-refractivity contribution >= 4 is 11.8 Å². The first kappa shape index (κ1) is 11.9. The third-order valence-corrected chi connectivity index (χ3v) is 1.86. The van der Waals surface area contributed by atoms with E-state index in [9.17, 15) is 14.7 Å². The molecule has 76 valence electrons. The number of carbonyl (C=O) groups excluding carboxylic acids is 2. The number of hydrogen-bond acceptors (Lipinski definition) is 3. The number of carbonyl (C=O) groups is 2. The minimum absolute atomic E-state index is 0.197. The molecule has 5 heteroatoms. The molecule has 1 atom stereocenters. The van der Waals surface area contributed by atoms with Gasteiger partial charge in [-0.05, 0) is 0 Å². The molecule has 0 heterocycles. The zero-order valence-corrected chi connectivity index (χ0v) is 8.13. The van der Waals surface area contributed by atoms with Gasteiger partial charge in [0.25, 0.3) is 5.91 Å². The second kappa shape index (κ2) is 4.23. The van der Waals surface area contributed by atoms with E-state index in [-0.39, 0.29) is 6.42 Å². The average Bonchev–Trinajstić information content (AvgIpc) is 2.03. The van der Waals surface area contributed by atoms with Gasteiger partial charge in [0.05, 0.1) is 0 Å². The maximum absolute atomic E-state index is 11.0. The SMILES string of the molecule is CCC(=O)NC(O)(C(N)=O)C(C)C. The molecule has 0 rings (SSSR count). The van der Waals surface area contributed by atoms with Gasteiger partial charge in [-0.15, -0.1) is 0 Å². The Kier molecular flexibility index (Phi) is 3.87. The normalized spacial score (nSPS) is 15.2. The Morgan fingerprint density at radius 1 is 1.54 bits per heavy atom. The number of amides is 2. The first-order valence-corrected chi connectivity index (χ1v) is 4.17. The lowest BCUT2D eigenvalue weighted by atomic mass is 9.99. The quantitative estimate of drug-likeness (QED) is 0.511. The van der Waals surface area contributed by atoms with Gasteiger partial charge in [-0.1, -0.05) is 20.8 Å². The summed E-state index contributed by atoms with van der Waals surface area (Å²) in [4.78, 5) is 21.8. The fraction of sp³-hybridized carbons (Fsp3) is 0.750. The minimum Gasteiger partial charge on any atom is -0.365 e. The number of aliphatic hydroxyl groups is 1.